The molecule has 1 aromatic carbocycles. The molecule has 1 heterocycles. The highest BCUT2D eigenvalue weighted by Crippen LogP contribution is 2.65. The maximum atomic E-state index is 12.5. The van der Waals surface area contributed by atoms with Gasteiger partial charge >= 0.3 is 0 Å². The number of nitro groups is 1. The third-order valence-corrected chi connectivity index (χ3v) is 4.08. The molecule has 3 rings (SSSR count). The Hall–Kier alpha value is -3.45. The van der Waals surface area contributed by atoms with Crippen LogP contribution in [0.5, 0.6) is 0 Å². The van der Waals surface area contributed by atoms with Gasteiger partial charge < -0.3 is 4.42 Å². The van der Waals surface area contributed by atoms with E-state index < -0.39 is 28.0 Å². The van der Waals surface area contributed by atoms with Crippen molar-refractivity contribution in [2.75, 3.05) is 0 Å². The lowest BCUT2D eigenvalue weighted by atomic mass is 10.0. The molecule has 23 heavy (non-hydrogen) atoms. The Bertz CT molecular complexity index is 842. The molecule has 2 aromatic rings. The standard InChI is InChI=1S/C16H9N3O4/c17-8-16(9-18)13(10-3-5-11(6-4-10)19(21)22)14(16)15(20)12-2-1-7-23-12/h1-7,13-14H/t13-,14+/m0/s1. The summed E-state index contributed by atoms with van der Waals surface area (Å²) in [6.07, 6.45) is 1.34. The molecule has 112 valence electrons. The Kier molecular flexibility index (Phi) is 3.20. The van der Waals surface area contributed by atoms with Crippen LogP contribution in [0.25, 0.3) is 0 Å². The van der Waals surface area contributed by atoms with Crippen molar-refractivity contribution in [3.63, 3.8) is 0 Å². The van der Waals surface area contributed by atoms with Crippen LogP contribution in [0.4, 0.5) is 5.69 Å². The summed E-state index contributed by atoms with van der Waals surface area (Å²) in [5.74, 6) is -1.79. The Balaban J connectivity index is 1.97. The van der Waals surface area contributed by atoms with Crippen molar-refractivity contribution in [1.82, 2.24) is 0 Å². The van der Waals surface area contributed by atoms with Crippen molar-refractivity contribution in [1.29, 1.82) is 10.5 Å². The zero-order chi connectivity index (χ0) is 16.6. The third-order valence-electron chi connectivity index (χ3n) is 4.08. The minimum atomic E-state index is -1.47. The lowest BCUT2D eigenvalue weighted by molar-refractivity contribution is -0.384. The Morgan fingerprint density at radius 1 is 1.22 bits per heavy atom. The number of rotatable bonds is 4. The minimum absolute atomic E-state index is 0.0919. The van der Waals surface area contributed by atoms with E-state index >= 15 is 0 Å². The number of nitro benzene ring substituents is 1. The number of Topliss-reactive ketones (excluding diaryl/α,β-unsaturated/α-hetero) is 1. The fourth-order valence-electron chi connectivity index (χ4n) is 2.88. The van der Waals surface area contributed by atoms with Crippen LogP contribution in [-0.2, 0) is 0 Å². The smallest absolute Gasteiger partial charge is 0.269 e. The number of benzene rings is 1. The van der Waals surface area contributed by atoms with Gasteiger partial charge in [0.15, 0.2) is 11.2 Å². The van der Waals surface area contributed by atoms with Crippen LogP contribution in [0.1, 0.15) is 22.0 Å². The summed E-state index contributed by atoms with van der Waals surface area (Å²) < 4.78 is 5.06. The molecule has 1 saturated carbocycles. The first-order valence-corrected chi connectivity index (χ1v) is 6.69. The number of hydrogen-bond acceptors (Lipinski definition) is 6. The van der Waals surface area contributed by atoms with E-state index in [1.54, 1.807) is 6.07 Å². The van der Waals surface area contributed by atoms with E-state index in [0.717, 1.165) is 0 Å². The molecule has 7 nitrogen and oxygen atoms in total. The van der Waals surface area contributed by atoms with Crippen molar-refractivity contribution in [3.8, 4) is 12.1 Å². The molecule has 0 radical (unpaired) electrons. The van der Waals surface area contributed by atoms with E-state index in [-0.39, 0.29) is 11.4 Å². The topological polar surface area (TPSA) is 121 Å². The van der Waals surface area contributed by atoms with Gasteiger partial charge in [-0.1, -0.05) is 12.1 Å². The van der Waals surface area contributed by atoms with Crippen molar-refractivity contribution >= 4 is 11.5 Å². The number of nitriles is 2. The number of furan rings is 1. The minimum Gasteiger partial charge on any atom is -0.461 e. The van der Waals surface area contributed by atoms with Gasteiger partial charge in [-0.25, -0.2) is 0 Å². The molecule has 1 aromatic heterocycles. The van der Waals surface area contributed by atoms with Crippen molar-refractivity contribution in [3.05, 3.63) is 64.1 Å². The van der Waals surface area contributed by atoms with E-state index in [1.165, 1.54) is 36.6 Å². The second-order valence-electron chi connectivity index (χ2n) is 5.24. The van der Waals surface area contributed by atoms with Crippen LogP contribution >= 0.6 is 0 Å². The van der Waals surface area contributed by atoms with E-state index in [9.17, 15) is 25.4 Å². The summed E-state index contributed by atoms with van der Waals surface area (Å²) in [6.45, 7) is 0. The van der Waals surface area contributed by atoms with E-state index in [0.29, 0.717) is 5.56 Å². The predicted octanol–water partition coefficient (Wildman–Crippen LogP) is 2.82. The second kappa shape index (κ2) is 5.08. The van der Waals surface area contributed by atoms with Crippen LogP contribution in [0.15, 0.2) is 47.1 Å². The van der Waals surface area contributed by atoms with E-state index in [1.807, 2.05) is 12.1 Å². The average Bonchev–Trinajstić information content (AvgIpc) is 2.92. The van der Waals surface area contributed by atoms with Crippen LogP contribution < -0.4 is 0 Å². The molecule has 0 unspecified atom stereocenters. The highest BCUT2D eigenvalue weighted by Gasteiger charge is 2.71. The van der Waals surface area contributed by atoms with Gasteiger partial charge in [0.05, 0.1) is 29.2 Å². The monoisotopic (exact) mass is 307 g/mol. The normalized spacial score (nSPS) is 21.0. The summed E-state index contributed by atoms with van der Waals surface area (Å²) in [4.78, 5) is 22.6. The SMILES string of the molecule is N#CC1(C#N)[C@@H](C(=O)c2ccco2)[C@@H]1c1ccc([N+](=O)[O-])cc1. The van der Waals surface area contributed by atoms with Gasteiger partial charge in [-0.3, -0.25) is 14.9 Å². The summed E-state index contributed by atoms with van der Waals surface area (Å²) in [7, 11) is 0. The number of non-ortho nitro benzene ring substituents is 1. The highest BCUT2D eigenvalue weighted by molar-refractivity contribution is 6.00. The van der Waals surface area contributed by atoms with Gasteiger partial charge in [0.2, 0.25) is 5.78 Å². The van der Waals surface area contributed by atoms with Crippen molar-refractivity contribution < 1.29 is 14.1 Å². The fraction of sp³-hybridized carbons (Fsp3) is 0.188. The first kappa shape index (κ1) is 14.5. The third kappa shape index (κ3) is 2.07. The molecule has 0 bridgehead atoms. The predicted molar refractivity (Wildman–Crippen MR) is 76.0 cm³/mol. The van der Waals surface area contributed by atoms with Gasteiger partial charge in [0.25, 0.3) is 5.69 Å². The zero-order valence-corrected chi connectivity index (χ0v) is 11.7. The number of ketones is 1. The van der Waals surface area contributed by atoms with Gasteiger partial charge in [0.1, 0.15) is 0 Å². The summed E-state index contributed by atoms with van der Waals surface area (Å²) in [6, 6.07) is 12.4. The molecule has 0 amide bonds. The van der Waals surface area contributed by atoms with Crippen molar-refractivity contribution in [2.24, 2.45) is 11.3 Å². The molecule has 0 aliphatic heterocycles. The van der Waals surface area contributed by atoms with Gasteiger partial charge in [-0.05, 0) is 17.7 Å². The molecule has 1 fully saturated rings. The van der Waals surface area contributed by atoms with E-state index in [2.05, 4.69) is 0 Å². The van der Waals surface area contributed by atoms with Gasteiger partial charge in [-0.15, -0.1) is 0 Å². The molecule has 2 atom stereocenters. The zero-order valence-electron chi connectivity index (χ0n) is 11.7. The summed E-state index contributed by atoms with van der Waals surface area (Å²) in [5.41, 5.74) is -1.02. The molecule has 1 aliphatic rings. The fourth-order valence-corrected chi connectivity index (χ4v) is 2.88. The maximum absolute atomic E-state index is 12.5. The first-order chi connectivity index (χ1) is 11.0. The average molecular weight is 307 g/mol. The molecule has 7 heteroatoms. The van der Waals surface area contributed by atoms with Crippen LogP contribution in [-0.4, -0.2) is 10.7 Å². The number of carbonyl (C=O) groups excluding carboxylic acids is 1. The second-order valence-corrected chi connectivity index (χ2v) is 5.24. The van der Waals surface area contributed by atoms with Crippen LogP contribution in [0.2, 0.25) is 0 Å². The molecular weight excluding hydrogens is 298 g/mol. The summed E-state index contributed by atoms with van der Waals surface area (Å²) >= 11 is 0. The number of nitrogens with zero attached hydrogens (tertiary/aromatic N) is 3. The first-order valence-electron chi connectivity index (χ1n) is 6.69. The highest BCUT2D eigenvalue weighted by atomic mass is 16.6. The number of carbonyl (C=O) groups is 1. The Labute approximate surface area is 130 Å². The van der Waals surface area contributed by atoms with Gasteiger partial charge in [0, 0.05) is 18.1 Å². The summed E-state index contributed by atoms with van der Waals surface area (Å²) in [5, 5.41) is 29.5. The Morgan fingerprint density at radius 2 is 1.87 bits per heavy atom. The van der Waals surface area contributed by atoms with Crippen LogP contribution in [0, 0.1) is 44.1 Å². The van der Waals surface area contributed by atoms with E-state index in [4.69, 9.17) is 4.42 Å². The quantitative estimate of drug-likeness (QED) is 0.486. The lowest BCUT2D eigenvalue weighted by Crippen LogP contribution is -2.07. The molecule has 0 N–H and O–H groups in total. The number of hydrogen-bond donors (Lipinski definition) is 0. The van der Waals surface area contributed by atoms with Crippen molar-refractivity contribution in [2.45, 2.75) is 5.92 Å². The maximum Gasteiger partial charge on any atom is 0.269 e. The molecular formula is C16H9N3O4. The van der Waals surface area contributed by atoms with Crippen LogP contribution in [0.3, 0.4) is 0 Å². The van der Waals surface area contributed by atoms with Gasteiger partial charge in [-0.2, -0.15) is 10.5 Å². The largest absolute Gasteiger partial charge is 0.461 e. The molecule has 1 aliphatic carbocycles. The Morgan fingerprint density at radius 3 is 2.35 bits per heavy atom. The molecule has 0 saturated heterocycles. The molecule has 0 spiro atoms. The lowest BCUT2D eigenvalue weighted by Gasteiger charge is -1.99.